The highest BCUT2D eigenvalue weighted by Crippen LogP contribution is 2.57. The maximum atomic E-state index is 14.8. The standard InChI is InChI=1S/C43H52N4O7S/c1-5-29-25-43(29,41(51)45-55(52,53)31-18-19-31)26-37(48)36-22-30(27-47(36)40(50)33(42(2,3)4)23-39(49)46-20-12-7-13-21-46)54-38-24-35(28-14-8-6-9-15-28)44-34-17-11-10-16-32(34)38/h5-6,8-11,14-17,24,29-31,33,36H,1,7,12-13,18-23,25-27H2,2-4H3,(H,45,51)/t29-,30-,33-,36+,43-/m1/s1. The van der Waals surface area contributed by atoms with Crippen LogP contribution in [0, 0.1) is 22.7 Å². The number of carbonyl (C=O) groups is 4. The lowest BCUT2D eigenvalue weighted by Crippen LogP contribution is -2.49. The Kier molecular flexibility index (Phi) is 10.7. The van der Waals surface area contributed by atoms with Gasteiger partial charge in [-0.1, -0.05) is 69.3 Å². The number of piperidine rings is 1. The quantitative estimate of drug-likeness (QED) is 0.207. The zero-order valence-corrected chi connectivity index (χ0v) is 32.9. The smallest absolute Gasteiger partial charge is 0.240 e. The first-order valence-electron chi connectivity index (χ1n) is 19.6. The largest absolute Gasteiger partial charge is 0.488 e. The van der Waals surface area contributed by atoms with Gasteiger partial charge in [0.15, 0.2) is 5.78 Å². The summed E-state index contributed by atoms with van der Waals surface area (Å²) in [4.78, 5) is 65.0. The molecule has 1 N–H and O–H groups in total. The Labute approximate surface area is 323 Å². The summed E-state index contributed by atoms with van der Waals surface area (Å²) >= 11 is 0. The SMILES string of the molecule is C=C[C@@H]1C[C@]1(CC(=O)[C@@H]1C[C@@H](Oc2cc(-c3ccccc3)nc3ccccc23)CN1C(=O)[C@@H](CC(=O)N1CCCCC1)C(C)(C)C)C(=O)NS(=O)(=O)C1CC1. The van der Waals surface area contributed by atoms with E-state index in [1.165, 1.54) is 0 Å². The van der Waals surface area contributed by atoms with Crippen molar-refractivity contribution in [3.8, 4) is 17.0 Å². The van der Waals surface area contributed by atoms with Crippen LogP contribution in [0.1, 0.15) is 78.6 Å². The molecule has 0 bridgehead atoms. The van der Waals surface area contributed by atoms with E-state index in [1.807, 2.05) is 86.3 Å². The van der Waals surface area contributed by atoms with E-state index in [0.29, 0.717) is 31.7 Å². The molecule has 0 unspecified atom stereocenters. The summed E-state index contributed by atoms with van der Waals surface area (Å²) in [6.45, 7) is 11.1. The summed E-state index contributed by atoms with van der Waals surface area (Å²) in [5, 5.41) is 0.188. The third-order valence-electron chi connectivity index (χ3n) is 11.9. The van der Waals surface area contributed by atoms with Crippen LogP contribution in [0.3, 0.4) is 0 Å². The van der Waals surface area contributed by atoms with Crippen LogP contribution in [0.25, 0.3) is 22.2 Å². The number of carbonyl (C=O) groups excluding carboxylic acids is 4. The molecule has 4 fully saturated rings. The van der Waals surface area contributed by atoms with E-state index in [9.17, 15) is 27.6 Å². The third kappa shape index (κ3) is 8.20. The van der Waals surface area contributed by atoms with Crippen molar-refractivity contribution in [3.05, 3.63) is 73.3 Å². The predicted molar refractivity (Wildman–Crippen MR) is 210 cm³/mol. The maximum absolute atomic E-state index is 14.8. The van der Waals surface area contributed by atoms with Crippen molar-refractivity contribution in [2.75, 3.05) is 19.6 Å². The number of fused-ring (bicyclic) bond motifs is 1. The van der Waals surface area contributed by atoms with Crippen LogP contribution in [0.4, 0.5) is 0 Å². The Morgan fingerprint density at radius 3 is 2.36 bits per heavy atom. The Bertz CT molecular complexity index is 2090. The molecule has 11 nitrogen and oxygen atoms in total. The van der Waals surface area contributed by atoms with Crippen molar-refractivity contribution in [2.24, 2.45) is 22.7 Å². The van der Waals surface area contributed by atoms with Crippen LogP contribution in [0.15, 0.2) is 73.3 Å². The van der Waals surface area contributed by atoms with Gasteiger partial charge in [-0.15, -0.1) is 6.58 Å². The van der Waals surface area contributed by atoms with Gasteiger partial charge in [0.1, 0.15) is 11.9 Å². The number of likely N-dealkylation sites (tertiary alicyclic amines) is 2. The normalized spacial score (nSPS) is 24.6. The number of pyridine rings is 1. The fraction of sp³-hybridized carbons (Fsp3) is 0.512. The molecule has 3 amide bonds. The zero-order valence-electron chi connectivity index (χ0n) is 32.0. The van der Waals surface area contributed by atoms with E-state index in [1.54, 1.807) is 11.0 Å². The molecule has 5 atom stereocenters. The van der Waals surface area contributed by atoms with Gasteiger partial charge >= 0.3 is 0 Å². The lowest BCUT2D eigenvalue weighted by Gasteiger charge is -2.36. The van der Waals surface area contributed by atoms with Crippen molar-refractivity contribution < 1.29 is 32.3 Å². The van der Waals surface area contributed by atoms with E-state index in [4.69, 9.17) is 9.72 Å². The number of ether oxygens (including phenoxy) is 1. The van der Waals surface area contributed by atoms with E-state index >= 15 is 0 Å². The van der Waals surface area contributed by atoms with Crippen molar-refractivity contribution in [2.45, 2.75) is 96.0 Å². The van der Waals surface area contributed by atoms with Crippen LogP contribution >= 0.6 is 0 Å². The van der Waals surface area contributed by atoms with E-state index < -0.39 is 50.1 Å². The monoisotopic (exact) mass is 768 g/mol. The van der Waals surface area contributed by atoms with Crippen LogP contribution in [0.2, 0.25) is 0 Å². The van der Waals surface area contributed by atoms with Crippen molar-refractivity contribution >= 4 is 44.4 Å². The van der Waals surface area contributed by atoms with Gasteiger partial charge in [0, 0.05) is 49.4 Å². The van der Waals surface area contributed by atoms with Crippen LogP contribution in [-0.4, -0.2) is 83.7 Å². The number of nitrogens with one attached hydrogen (secondary N) is 1. The lowest BCUT2D eigenvalue weighted by atomic mass is 9.77. The van der Waals surface area contributed by atoms with Gasteiger partial charge in [0.25, 0.3) is 0 Å². The van der Waals surface area contributed by atoms with Gasteiger partial charge in [-0.05, 0) is 62.0 Å². The summed E-state index contributed by atoms with van der Waals surface area (Å²) in [6.07, 6.45) is 5.14. The summed E-state index contributed by atoms with van der Waals surface area (Å²) in [5.41, 5.74) is 0.488. The number of para-hydroxylation sites is 1. The fourth-order valence-electron chi connectivity index (χ4n) is 8.33. The summed E-state index contributed by atoms with van der Waals surface area (Å²) in [5.74, 6) is -1.95. The molecule has 3 aromatic rings. The number of hydrogen-bond acceptors (Lipinski definition) is 8. The Hall–Kier alpha value is -4.58. The number of Topliss-reactive ketones (excluding diaryl/α,β-unsaturated/α-hetero) is 1. The Morgan fingerprint density at radius 1 is 1.02 bits per heavy atom. The van der Waals surface area contributed by atoms with Crippen molar-refractivity contribution in [1.29, 1.82) is 0 Å². The molecule has 1 aromatic heterocycles. The molecule has 0 spiro atoms. The molecule has 292 valence electrons. The summed E-state index contributed by atoms with van der Waals surface area (Å²) < 4.78 is 34.6. The summed E-state index contributed by atoms with van der Waals surface area (Å²) in [7, 11) is -3.84. The Balaban J connectivity index is 1.20. The predicted octanol–water partition coefficient (Wildman–Crippen LogP) is 6.07. The molecule has 4 aliphatic rings. The van der Waals surface area contributed by atoms with Crippen LogP contribution in [-0.2, 0) is 29.2 Å². The first-order valence-corrected chi connectivity index (χ1v) is 21.2. The number of sulfonamides is 1. The van der Waals surface area contributed by atoms with Gasteiger partial charge < -0.3 is 14.5 Å². The molecule has 7 rings (SSSR count). The Morgan fingerprint density at radius 2 is 1.71 bits per heavy atom. The number of amides is 3. The first kappa shape index (κ1) is 38.7. The number of nitrogens with zero attached hydrogens (tertiary/aromatic N) is 3. The highest BCUT2D eigenvalue weighted by atomic mass is 32.2. The first-order chi connectivity index (χ1) is 26.2. The summed E-state index contributed by atoms with van der Waals surface area (Å²) in [6, 6.07) is 18.3. The molecular formula is C43H52N4O7S. The lowest BCUT2D eigenvalue weighted by molar-refractivity contribution is -0.148. The number of hydrogen-bond donors (Lipinski definition) is 1. The molecule has 2 aromatic carbocycles. The van der Waals surface area contributed by atoms with Gasteiger partial charge in [-0.25, -0.2) is 13.4 Å². The van der Waals surface area contributed by atoms with Gasteiger partial charge in [0.05, 0.1) is 40.4 Å². The molecule has 3 heterocycles. The van der Waals surface area contributed by atoms with Crippen LogP contribution < -0.4 is 9.46 Å². The van der Waals surface area contributed by atoms with E-state index in [0.717, 1.165) is 41.4 Å². The highest BCUT2D eigenvalue weighted by Gasteiger charge is 2.61. The number of aromatic nitrogens is 1. The number of allylic oxidation sites excluding steroid dienone is 1. The average molecular weight is 769 g/mol. The molecule has 2 saturated heterocycles. The second kappa shape index (κ2) is 15.2. The maximum Gasteiger partial charge on any atom is 0.240 e. The molecule has 2 saturated carbocycles. The van der Waals surface area contributed by atoms with Gasteiger partial charge in [-0.3, -0.25) is 23.9 Å². The number of benzene rings is 2. The molecule has 2 aliphatic carbocycles. The second-order valence-corrected chi connectivity index (χ2v) is 18.9. The number of rotatable bonds is 13. The van der Waals surface area contributed by atoms with Gasteiger partial charge in [-0.2, -0.15) is 0 Å². The molecular weight excluding hydrogens is 717 g/mol. The minimum Gasteiger partial charge on any atom is -0.488 e. The second-order valence-electron chi connectivity index (χ2n) is 17.0. The minimum absolute atomic E-state index is 0.0185. The fourth-order valence-corrected chi connectivity index (χ4v) is 9.71. The molecule has 12 heteroatoms. The van der Waals surface area contributed by atoms with E-state index in [2.05, 4.69) is 11.3 Å². The van der Waals surface area contributed by atoms with Crippen molar-refractivity contribution in [3.63, 3.8) is 0 Å². The topological polar surface area (TPSA) is 143 Å². The van der Waals surface area contributed by atoms with Crippen LogP contribution in [0.5, 0.6) is 5.75 Å². The third-order valence-corrected chi connectivity index (χ3v) is 13.8. The van der Waals surface area contributed by atoms with Crippen molar-refractivity contribution in [1.82, 2.24) is 19.5 Å². The highest BCUT2D eigenvalue weighted by molar-refractivity contribution is 7.90. The number of ketones is 1. The van der Waals surface area contributed by atoms with E-state index in [-0.39, 0.29) is 55.7 Å². The van der Waals surface area contributed by atoms with Gasteiger partial charge in [0.2, 0.25) is 27.7 Å². The molecule has 55 heavy (non-hydrogen) atoms. The average Bonchev–Trinajstić information content (AvgIpc) is 4.10. The minimum atomic E-state index is -3.84. The zero-order chi connectivity index (χ0) is 39.1. The molecule has 2 aliphatic heterocycles. The molecule has 0 radical (unpaired) electrons.